The summed E-state index contributed by atoms with van der Waals surface area (Å²) in [6, 6.07) is 2.11. The number of hydrogen-bond acceptors (Lipinski definition) is 4. The van der Waals surface area contributed by atoms with E-state index in [1.807, 2.05) is 10.7 Å². The van der Waals surface area contributed by atoms with E-state index < -0.39 is 0 Å². The molecule has 0 radical (unpaired) electrons. The molecule has 3 heterocycles. The summed E-state index contributed by atoms with van der Waals surface area (Å²) in [6.45, 7) is 4.55. The second-order valence-electron chi connectivity index (χ2n) is 6.42. The maximum Gasteiger partial charge on any atom is 0.161 e. The number of nitrogens with zero attached hydrogens (tertiary/aromatic N) is 5. The van der Waals surface area contributed by atoms with Gasteiger partial charge in [0.2, 0.25) is 0 Å². The van der Waals surface area contributed by atoms with Crippen molar-refractivity contribution in [1.29, 1.82) is 0 Å². The molecule has 0 saturated carbocycles. The smallest absolute Gasteiger partial charge is 0.161 e. The first-order valence-corrected chi connectivity index (χ1v) is 7.44. The van der Waals surface area contributed by atoms with Crippen molar-refractivity contribution in [3.05, 3.63) is 48.8 Å². The predicted octanol–water partition coefficient (Wildman–Crippen LogP) is 3.39. The summed E-state index contributed by atoms with van der Waals surface area (Å²) in [5, 5.41) is 4.62. The van der Waals surface area contributed by atoms with Crippen LogP contribution in [-0.2, 0) is 0 Å². The Morgan fingerprint density at radius 1 is 1.18 bits per heavy atom. The molecule has 0 aliphatic heterocycles. The zero-order chi connectivity index (χ0) is 15.2. The van der Waals surface area contributed by atoms with Crippen molar-refractivity contribution in [2.24, 2.45) is 5.41 Å². The number of aromatic nitrogens is 5. The van der Waals surface area contributed by atoms with Gasteiger partial charge in [-0.25, -0.2) is 19.5 Å². The van der Waals surface area contributed by atoms with Gasteiger partial charge in [-0.05, 0) is 29.9 Å². The van der Waals surface area contributed by atoms with Gasteiger partial charge in [0.25, 0.3) is 0 Å². The van der Waals surface area contributed by atoms with E-state index in [0.29, 0.717) is 0 Å². The molecule has 22 heavy (non-hydrogen) atoms. The van der Waals surface area contributed by atoms with Gasteiger partial charge in [0.05, 0.1) is 5.69 Å². The average Bonchev–Trinajstić information content (AvgIpc) is 3.13. The van der Waals surface area contributed by atoms with Gasteiger partial charge in [-0.1, -0.05) is 19.9 Å². The first-order chi connectivity index (χ1) is 10.6. The molecule has 1 aliphatic carbocycles. The fourth-order valence-electron chi connectivity index (χ4n) is 3.01. The standard InChI is InChI=1S/C17H17N5/c1-17(2)4-3-12(8-17)14-7-15(13-9-18-11-19-10-13)21-22-6-5-20-16(14)22/h5-11H,3-4H2,1-2H3. The molecule has 0 amide bonds. The summed E-state index contributed by atoms with van der Waals surface area (Å²) in [5.41, 5.74) is 5.44. The van der Waals surface area contributed by atoms with E-state index in [1.54, 1.807) is 18.6 Å². The van der Waals surface area contributed by atoms with Crippen molar-refractivity contribution in [1.82, 2.24) is 24.6 Å². The summed E-state index contributed by atoms with van der Waals surface area (Å²) in [4.78, 5) is 12.7. The van der Waals surface area contributed by atoms with Crippen LogP contribution in [0.3, 0.4) is 0 Å². The minimum atomic E-state index is 0.248. The molecular weight excluding hydrogens is 274 g/mol. The Hall–Kier alpha value is -2.56. The van der Waals surface area contributed by atoms with Gasteiger partial charge in [0, 0.05) is 35.9 Å². The Kier molecular flexibility index (Phi) is 2.82. The third kappa shape index (κ3) is 2.19. The quantitative estimate of drug-likeness (QED) is 0.726. The van der Waals surface area contributed by atoms with E-state index in [0.717, 1.165) is 28.9 Å². The van der Waals surface area contributed by atoms with Gasteiger partial charge in [0.1, 0.15) is 6.33 Å². The molecule has 3 aromatic heterocycles. The van der Waals surface area contributed by atoms with Crippen LogP contribution in [0.2, 0.25) is 0 Å². The molecule has 0 unspecified atom stereocenters. The fourth-order valence-corrected chi connectivity index (χ4v) is 3.01. The summed E-state index contributed by atoms with van der Waals surface area (Å²) in [5.74, 6) is 0. The van der Waals surface area contributed by atoms with Crippen LogP contribution in [0.15, 0.2) is 43.3 Å². The van der Waals surface area contributed by atoms with Crippen LogP contribution in [0.5, 0.6) is 0 Å². The molecule has 0 spiro atoms. The van der Waals surface area contributed by atoms with E-state index in [1.165, 1.54) is 18.3 Å². The van der Waals surface area contributed by atoms with Crippen molar-refractivity contribution in [3.8, 4) is 11.3 Å². The van der Waals surface area contributed by atoms with Crippen LogP contribution in [0.4, 0.5) is 0 Å². The van der Waals surface area contributed by atoms with Gasteiger partial charge in [0.15, 0.2) is 5.65 Å². The minimum absolute atomic E-state index is 0.248. The Morgan fingerprint density at radius 2 is 2.00 bits per heavy atom. The zero-order valence-electron chi connectivity index (χ0n) is 12.7. The molecule has 5 heteroatoms. The van der Waals surface area contributed by atoms with Crippen LogP contribution < -0.4 is 0 Å². The first kappa shape index (κ1) is 13.1. The van der Waals surface area contributed by atoms with Crippen molar-refractivity contribution in [3.63, 3.8) is 0 Å². The summed E-state index contributed by atoms with van der Waals surface area (Å²) in [7, 11) is 0. The molecule has 1 aliphatic rings. The topological polar surface area (TPSA) is 56.0 Å². The molecule has 3 aromatic rings. The molecule has 0 aromatic carbocycles. The second-order valence-corrected chi connectivity index (χ2v) is 6.42. The SMILES string of the molecule is CC1(C)C=C(c2cc(-c3cncnc3)nn3ccnc23)CC1. The Bertz CT molecular complexity index is 861. The van der Waals surface area contributed by atoms with Crippen LogP contribution in [-0.4, -0.2) is 24.6 Å². The van der Waals surface area contributed by atoms with Gasteiger partial charge >= 0.3 is 0 Å². The monoisotopic (exact) mass is 291 g/mol. The van der Waals surface area contributed by atoms with Gasteiger partial charge in [-0.15, -0.1) is 0 Å². The lowest BCUT2D eigenvalue weighted by molar-refractivity contribution is 0.471. The van der Waals surface area contributed by atoms with Crippen molar-refractivity contribution < 1.29 is 0 Å². The number of imidazole rings is 1. The second kappa shape index (κ2) is 4.73. The molecule has 0 bridgehead atoms. The summed E-state index contributed by atoms with van der Waals surface area (Å²) in [6.07, 6.45) is 13.4. The van der Waals surface area contributed by atoms with E-state index in [2.05, 4.69) is 46.0 Å². The molecule has 0 N–H and O–H groups in total. The lowest BCUT2D eigenvalue weighted by Gasteiger charge is -2.11. The maximum absolute atomic E-state index is 4.62. The largest absolute Gasteiger partial charge is 0.244 e. The predicted molar refractivity (Wildman–Crippen MR) is 85.0 cm³/mol. The molecule has 0 saturated heterocycles. The van der Waals surface area contributed by atoms with E-state index in [-0.39, 0.29) is 5.41 Å². The Balaban J connectivity index is 1.93. The lowest BCUT2D eigenvalue weighted by atomic mass is 9.94. The Labute approximate surface area is 128 Å². The van der Waals surface area contributed by atoms with Gasteiger partial charge in [-0.3, -0.25) is 0 Å². The van der Waals surface area contributed by atoms with Crippen LogP contribution >= 0.6 is 0 Å². The highest BCUT2D eigenvalue weighted by Crippen LogP contribution is 2.41. The van der Waals surface area contributed by atoms with Crippen LogP contribution in [0.1, 0.15) is 32.3 Å². The molecule has 4 rings (SSSR count). The Morgan fingerprint density at radius 3 is 2.73 bits per heavy atom. The van der Waals surface area contributed by atoms with E-state index >= 15 is 0 Å². The lowest BCUT2D eigenvalue weighted by Crippen LogP contribution is -2.00. The first-order valence-electron chi connectivity index (χ1n) is 7.44. The average molecular weight is 291 g/mol. The summed E-state index contributed by atoms with van der Waals surface area (Å²) >= 11 is 0. The normalized spacial score (nSPS) is 16.9. The third-order valence-electron chi connectivity index (χ3n) is 4.17. The molecular formula is C17H17N5. The highest BCUT2D eigenvalue weighted by Gasteiger charge is 2.25. The van der Waals surface area contributed by atoms with Gasteiger partial charge in [-0.2, -0.15) is 5.10 Å². The number of hydrogen-bond donors (Lipinski definition) is 0. The van der Waals surface area contributed by atoms with E-state index in [9.17, 15) is 0 Å². The highest BCUT2D eigenvalue weighted by molar-refractivity contribution is 5.80. The number of fused-ring (bicyclic) bond motifs is 1. The van der Waals surface area contributed by atoms with Crippen LogP contribution in [0.25, 0.3) is 22.5 Å². The fraction of sp³-hybridized carbons (Fsp3) is 0.294. The maximum atomic E-state index is 4.62. The third-order valence-corrected chi connectivity index (χ3v) is 4.17. The molecule has 0 atom stereocenters. The molecule has 110 valence electrons. The zero-order valence-corrected chi connectivity index (χ0v) is 12.7. The number of rotatable bonds is 2. The van der Waals surface area contributed by atoms with Crippen molar-refractivity contribution in [2.75, 3.05) is 0 Å². The van der Waals surface area contributed by atoms with E-state index in [4.69, 9.17) is 0 Å². The highest BCUT2D eigenvalue weighted by atomic mass is 15.2. The van der Waals surface area contributed by atoms with Gasteiger partial charge < -0.3 is 0 Å². The van der Waals surface area contributed by atoms with Crippen molar-refractivity contribution in [2.45, 2.75) is 26.7 Å². The number of allylic oxidation sites excluding steroid dienone is 2. The van der Waals surface area contributed by atoms with Crippen LogP contribution in [0, 0.1) is 5.41 Å². The minimum Gasteiger partial charge on any atom is -0.244 e. The summed E-state index contributed by atoms with van der Waals surface area (Å²) < 4.78 is 1.84. The van der Waals surface area contributed by atoms with Crippen molar-refractivity contribution >= 4 is 11.2 Å². The molecule has 5 nitrogen and oxygen atoms in total. The molecule has 0 fully saturated rings.